The van der Waals surface area contributed by atoms with Crippen molar-refractivity contribution in [3.05, 3.63) is 23.8 Å². The third-order valence-corrected chi connectivity index (χ3v) is 3.00. The monoisotopic (exact) mass is 229 g/mol. The van der Waals surface area contributed by atoms with Gasteiger partial charge in [0.25, 0.3) is 0 Å². The van der Waals surface area contributed by atoms with Crippen molar-refractivity contribution in [3.63, 3.8) is 0 Å². The van der Waals surface area contributed by atoms with Crippen molar-refractivity contribution < 1.29 is 4.79 Å². The quantitative estimate of drug-likeness (QED) is 0.776. The van der Waals surface area contributed by atoms with E-state index < -0.39 is 0 Å². The van der Waals surface area contributed by atoms with Gasteiger partial charge in [0.15, 0.2) is 0 Å². The summed E-state index contributed by atoms with van der Waals surface area (Å²) in [6.07, 6.45) is 0.979. The Labute approximate surface area is 101 Å². The maximum absolute atomic E-state index is 11.8. The first-order valence-corrected chi connectivity index (χ1v) is 5.73. The summed E-state index contributed by atoms with van der Waals surface area (Å²) >= 11 is 0. The topological polar surface area (TPSA) is 47.3 Å². The Balaban J connectivity index is 2.49. The lowest BCUT2D eigenvalue weighted by molar-refractivity contribution is -0.117. The highest BCUT2D eigenvalue weighted by molar-refractivity contribution is 6.02. The Morgan fingerprint density at radius 2 is 2.18 bits per heavy atom. The average Bonchev–Trinajstić information content (AvgIpc) is 2.35. The number of carbonyl (C=O) groups is 1. The molecule has 4 nitrogen and oxygen atoms in total. The van der Waals surface area contributed by atoms with Gasteiger partial charge in [-0.05, 0) is 24.6 Å². The highest BCUT2D eigenvalue weighted by Gasteiger charge is 2.26. The molecule has 0 aliphatic carbocycles. The van der Waals surface area contributed by atoms with E-state index in [9.17, 15) is 4.79 Å². The van der Waals surface area contributed by atoms with Gasteiger partial charge in [-0.1, -0.05) is 6.92 Å². The number of anilines is 2. The highest BCUT2D eigenvalue weighted by Crippen LogP contribution is 2.33. The molecule has 1 aliphatic heterocycles. The van der Waals surface area contributed by atoms with Crippen LogP contribution in [0.2, 0.25) is 0 Å². The van der Waals surface area contributed by atoms with Gasteiger partial charge < -0.3 is 9.80 Å². The molecule has 0 saturated heterocycles. The van der Waals surface area contributed by atoms with Crippen LogP contribution < -0.4 is 9.80 Å². The Hall–Kier alpha value is -2.02. The molecule has 4 heteroatoms. The smallest absolute Gasteiger partial charge is 0.246 e. The third kappa shape index (κ3) is 1.96. The number of amides is 1. The molecule has 0 aromatic heterocycles. The van der Waals surface area contributed by atoms with Crippen molar-refractivity contribution in [3.8, 4) is 6.07 Å². The molecule has 0 unspecified atom stereocenters. The summed E-state index contributed by atoms with van der Waals surface area (Å²) in [6, 6.07) is 7.58. The number of fused-ring (bicyclic) bond motifs is 1. The van der Waals surface area contributed by atoms with Crippen molar-refractivity contribution in [1.29, 1.82) is 5.26 Å². The molecule has 0 bridgehead atoms. The van der Waals surface area contributed by atoms with E-state index in [1.54, 1.807) is 18.0 Å². The molecule has 0 atom stereocenters. The van der Waals surface area contributed by atoms with E-state index in [1.807, 2.05) is 17.0 Å². The number of benzene rings is 1. The summed E-state index contributed by atoms with van der Waals surface area (Å²) in [5.41, 5.74) is 2.49. The van der Waals surface area contributed by atoms with Crippen LogP contribution in [0, 0.1) is 11.3 Å². The Morgan fingerprint density at radius 3 is 2.82 bits per heavy atom. The number of rotatable bonds is 2. The van der Waals surface area contributed by atoms with Crippen LogP contribution >= 0.6 is 0 Å². The van der Waals surface area contributed by atoms with Gasteiger partial charge in [-0.3, -0.25) is 4.79 Å². The van der Waals surface area contributed by atoms with Crippen molar-refractivity contribution in [2.45, 2.75) is 13.3 Å². The van der Waals surface area contributed by atoms with E-state index in [1.165, 1.54) is 0 Å². The number of hydrogen-bond acceptors (Lipinski definition) is 3. The molecule has 0 saturated carbocycles. The zero-order valence-corrected chi connectivity index (χ0v) is 10.1. The van der Waals surface area contributed by atoms with Crippen LogP contribution in [0.3, 0.4) is 0 Å². The van der Waals surface area contributed by atoms with Crippen molar-refractivity contribution in [2.75, 3.05) is 29.9 Å². The molecule has 1 aliphatic rings. The van der Waals surface area contributed by atoms with E-state index in [-0.39, 0.29) is 5.91 Å². The molecule has 0 spiro atoms. The summed E-state index contributed by atoms with van der Waals surface area (Å²) in [5.74, 6) is 0.0932. The fourth-order valence-corrected chi connectivity index (χ4v) is 2.09. The van der Waals surface area contributed by atoms with Gasteiger partial charge in [-0.25, -0.2) is 0 Å². The van der Waals surface area contributed by atoms with Gasteiger partial charge in [-0.2, -0.15) is 5.26 Å². The van der Waals surface area contributed by atoms with Crippen LogP contribution in [-0.2, 0) is 4.79 Å². The molecule has 1 amide bonds. The van der Waals surface area contributed by atoms with Gasteiger partial charge in [0, 0.05) is 13.6 Å². The fraction of sp³-hybridized carbons (Fsp3) is 0.385. The number of likely N-dealkylation sites (N-methyl/N-ethyl adjacent to an activating group) is 1. The second-order valence-corrected chi connectivity index (χ2v) is 4.19. The summed E-state index contributed by atoms with van der Waals surface area (Å²) in [6.45, 7) is 3.31. The zero-order valence-electron chi connectivity index (χ0n) is 10.1. The minimum atomic E-state index is 0.0932. The van der Waals surface area contributed by atoms with Crippen LogP contribution in [0.15, 0.2) is 18.2 Å². The van der Waals surface area contributed by atoms with Gasteiger partial charge >= 0.3 is 0 Å². The summed E-state index contributed by atoms with van der Waals surface area (Å²) in [5, 5.41) is 8.92. The van der Waals surface area contributed by atoms with E-state index in [4.69, 9.17) is 5.26 Å². The number of nitrogens with zero attached hydrogens (tertiary/aromatic N) is 3. The molecule has 17 heavy (non-hydrogen) atoms. The largest absolute Gasteiger partial charge is 0.360 e. The van der Waals surface area contributed by atoms with E-state index in [0.29, 0.717) is 12.1 Å². The van der Waals surface area contributed by atoms with Crippen LogP contribution in [0.5, 0.6) is 0 Å². The van der Waals surface area contributed by atoms with E-state index >= 15 is 0 Å². The second-order valence-electron chi connectivity index (χ2n) is 4.19. The molecule has 0 fully saturated rings. The SMILES string of the molecule is CCCN1CC(=O)N(C)c2ccc(C#N)cc21. The Bertz CT molecular complexity index is 490. The van der Waals surface area contributed by atoms with Gasteiger partial charge in [0.05, 0.1) is 29.6 Å². The summed E-state index contributed by atoms with van der Waals surface area (Å²) in [7, 11) is 1.77. The first kappa shape index (κ1) is 11.5. The molecular weight excluding hydrogens is 214 g/mol. The Kier molecular flexibility index (Phi) is 3.01. The zero-order chi connectivity index (χ0) is 12.4. The molecule has 88 valence electrons. The lowest BCUT2D eigenvalue weighted by atomic mass is 10.1. The molecular formula is C13H15N3O. The standard InChI is InChI=1S/C13H15N3O/c1-3-6-16-9-13(17)15(2)11-5-4-10(8-14)7-12(11)16/h4-5,7H,3,6,9H2,1-2H3. The van der Waals surface area contributed by atoms with Crippen LogP contribution in [-0.4, -0.2) is 26.0 Å². The third-order valence-electron chi connectivity index (χ3n) is 3.00. The van der Waals surface area contributed by atoms with Gasteiger partial charge in [0.2, 0.25) is 5.91 Å². The van der Waals surface area contributed by atoms with Crippen LogP contribution in [0.1, 0.15) is 18.9 Å². The summed E-state index contributed by atoms with van der Waals surface area (Å²) in [4.78, 5) is 15.5. The van der Waals surface area contributed by atoms with Crippen molar-refractivity contribution >= 4 is 17.3 Å². The van der Waals surface area contributed by atoms with Crippen LogP contribution in [0.25, 0.3) is 0 Å². The molecule has 0 radical (unpaired) electrons. The average molecular weight is 229 g/mol. The number of hydrogen-bond donors (Lipinski definition) is 0. The molecule has 1 aromatic carbocycles. The van der Waals surface area contributed by atoms with Gasteiger partial charge in [0.1, 0.15) is 0 Å². The molecule has 1 aromatic rings. The normalized spacial score (nSPS) is 14.5. The maximum atomic E-state index is 11.8. The lowest BCUT2D eigenvalue weighted by Crippen LogP contribution is -2.44. The predicted molar refractivity (Wildman–Crippen MR) is 67.1 cm³/mol. The maximum Gasteiger partial charge on any atom is 0.246 e. The minimum absolute atomic E-state index is 0.0932. The number of nitriles is 1. The van der Waals surface area contributed by atoms with Crippen LogP contribution in [0.4, 0.5) is 11.4 Å². The molecule has 1 heterocycles. The molecule has 2 rings (SSSR count). The van der Waals surface area contributed by atoms with E-state index in [2.05, 4.69) is 13.0 Å². The van der Waals surface area contributed by atoms with Crippen molar-refractivity contribution in [1.82, 2.24) is 0 Å². The predicted octanol–water partition coefficient (Wildman–Crippen LogP) is 1.75. The fourth-order valence-electron chi connectivity index (χ4n) is 2.09. The Morgan fingerprint density at radius 1 is 1.41 bits per heavy atom. The highest BCUT2D eigenvalue weighted by atomic mass is 16.2. The lowest BCUT2D eigenvalue weighted by Gasteiger charge is -2.35. The van der Waals surface area contributed by atoms with E-state index in [0.717, 1.165) is 24.3 Å². The first-order chi connectivity index (χ1) is 8.17. The van der Waals surface area contributed by atoms with Crippen molar-refractivity contribution in [2.24, 2.45) is 0 Å². The molecule has 0 N–H and O–H groups in total. The second kappa shape index (κ2) is 4.46. The first-order valence-electron chi connectivity index (χ1n) is 5.73. The van der Waals surface area contributed by atoms with Gasteiger partial charge in [-0.15, -0.1) is 0 Å². The minimum Gasteiger partial charge on any atom is -0.360 e. The summed E-state index contributed by atoms with van der Waals surface area (Å²) < 4.78 is 0. The number of carbonyl (C=O) groups excluding carboxylic acids is 1.